The van der Waals surface area contributed by atoms with E-state index >= 15 is 0 Å². The zero-order valence-electron chi connectivity index (χ0n) is 15.2. The smallest absolute Gasteiger partial charge is 0.119 e. The largest absolute Gasteiger partial charge is 0.491 e. The predicted molar refractivity (Wildman–Crippen MR) is 103 cm³/mol. The summed E-state index contributed by atoms with van der Waals surface area (Å²) in [5.74, 6) is 0.838. The molecule has 1 aliphatic rings. The fourth-order valence-corrected chi connectivity index (χ4v) is 3.39. The molecule has 0 radical (unpaired) electrons. The summed E-state index contributed by atoms with van der Waals surface area (Å²) in [7, 11) is 0. The Morgan fingerprint density at radius 2 is 1.60 bits per heavy atom. The first-order valence-electron chi connectivity index (χ1n) is 9.01. The van der Waals surface area contributed by atoms with Gasteiger partial charge in [0.1, 0.15) is 18.5 Å². The molecular formula is C21H28N2O2. The maximum Gasteiger partial charge on any atom is 0.119 e. The molecule has 1 aliphatic heterocycles. The number of aryl methyl sites for hydroxylation is 2. The minimum Gasteiger partial charge on any atom is -0.491 e. The number of β-amino-alcohol motifs (C(OH)–C–C–N with tert-alkyl or cyclic N) is 1. The van der Waals surface area contributed by atoms with Gasteiger partial charge in [0.2, 0.25) is 0 Å². The Kier molecular flexibility index (Phi) is 5.95. The summed E-state index contributed by atoms with van der Waals surface area (Å²) in [5.41, 5.74) is 3.64. The lowest BCUT2D eigenvalue weighted by atomic mass is 10.1. The molecule has 4 nitrogen and oxygen atoms in total. The van der Waals surface area contributed by atoms with E-state index in [1.165, 1.54) is 16.8 Å². The molecule has 2 aromatic rings. The number of piperazine rings is 1. The van der Waals surface area contributed by atoms with Crippen molar-refractivity contribution in [2.45, 2.75) is 20.0 Å². The third-order valence-electron chi connectivity index (χ3n) is 4.60. The van der Waals surface area contributed by atoms with Crippen LogP contribution in [0.3, 0.4) is 0 Å². The number of ether oxygens (including phenoxy) is 1. The van der Waals surface area contributed by atoms with Crippen LogP contribution in [-0.4, -0.2) is 55.4 Å². The van der Waals surface area contributed by atoms with Gasteiger partial charge < -0.3 is 14.7 Å². The Hall–Kier alpha value is -2.04. The summed E-state index contributed by atoms with van der Waals surface area (Å²) < 4.78 is 5.77. The number of benzene rings is 2. The zero-order valence-corrected chi connectivity index (χ0v) is 15.2. The van der Waals surface area contributed by atoms with Crippen molar-refractivity contribution in [1.82, 2.24) is 4.90 Å². The van der Waals surface area contributed by atoms with Crippen molar-refractivity contribution < 1.29 is 9.84 Å². The minimum absolute atomic E-state index is 0.335. The second kappa shape index (κ2) is 8.37. The van der Waals surface area contributed by atoms with E-state index in [4.69, 9.17) is 4.74 Å². The van der Waals surface area contributed by atoms with Gasteiger partial charge in [-0.1, -0.05) is 24.3 Å². The van der Waals surface area contributed by atoms with Crippen LogP contribution in [-0.2, 0) is 0 Å². The van der Waals surface area contributed by atoms with Gasteiger partial charge in [-0.15, -0.1) is 0 Å². The molecule has 0 amide bonds. The van der Waals surface area contributed by atoms with E-state index in [1.807, 2.05) is 18.2 Å². The molecule has 1 fully saturated rings. The van der Waals surface area contributed by atoms with E-state index < -0.39 is 6.10 Å². The van der Waals surface area contributed by atoms with Gasteiger partial charge in [-0.2, -0.15) is 0 Å². The van der Waals surface area contributed by atoms with Crippen LogP contribution < -0.4 is 9.64 Å². The summed E-state index contributed by atoms with van der Waals surface area (Å²) in [4.78, 5) is 4.71. The van der Waals surface area contributed by atoms with Crippen molar-refractivity contribution in [3.8, 4) is 5.75 Å². The van der Waals surface area contributed by atoms with E-state index in [0.29, 0.717) is 13.2 Å². The Labute approximate surface area is 150 Å². The van der Waals surface area contributed by atoms with Gasteiger partial charge in [0, 0.05) is 38.4 Å². The lowest BCUT2D eigenvalue weighted by molar-refractivity contribution is 0.0663. The molecule has 0 aromatic heterocycles. The Morgan fingerprint density at radius 3 is 2.24 bits per heavy atom. The average Bonchev–Trinajstić information content (AvgIpc) is 2.61. The molecule has 1 N–H and O–H groups in total. The number of aliphatic hydroxyl groups is 1. The first-order chi connectivity index (χ1) is 12.1. The molecule has 4 heteroatoms. The van der Waals surface area contributed by atoms with Gasteiger partial charge in [0.05, 0.1) is 0 Å². The summed E-state index contributed by atoms with van der Waals surface area (Å²) in [5, 5.41) is 10.3. The van der Waals surface area contributed by atoms with Crippen molar-refractivity contribution in [3.05, 3.63) is 59.7 Å². The molecule has 134 valence electrons. The molecule has 1 atom stereocenters. The lowest BCUT2D eigenvalue weighted by Gasteiger charge is -2.36. The number of hydrogen-bond donors (Lipinski definition) is 1. The average molecular weight is 340 g/mol. The normalized spacial score (nSPS) is 16.7. The zero-order chi connectivity index (χ0) is 17.6. The number of nitrogens with zero attached hydrogens (tertiary/aromatic N) is 2. The van der Waals surface area contributed by atoms with Crippen molar-refractivity contribution in [1.29, 1.82) is 0 Å². The summed E-state index contributed by atoms with van der Waals surface area (Å²) in [6.45, 7) is 9.04. The van der Waals surface area contributed by atoms with Gasteiger partial charge in [-0.05, 0) is 49.2 Å². The second-order valence-electron chi connectivity index (χ2n) is 6.91. The highest BCUT2D eigenvalue weighted by Crippen LogP contribution is 2.17. The number of hydrogen-bond acceptors (Lipinski definition) is 4. The van der Waals surface area contributed by atoms with Crippen molar-refractivity contribution in [2.24, 2.45) is 0 Å². The van der Waals surface area contributed by atoms with Crippen LogP contribution >= 0.6 is 0 Å². The van der Waals surface area contributed by atoms with Gasteiger partial charge in [-0.25, -0.2) is 0 Å². The van der Waals surface area contributed by atoms with Crippen molar-refractivity contribution in [2.75, 3.05) is 44.2 Å². The fraction of sp³-hybridized carbons (Fsp3) is 0.429. The van der Waals surface area contributed by atoms with E-state index in [2.05, 4.69) is 54.0 Å². The van der Waals surface area contributed by atoms with Gasteiger partial charge in [0.25, 0.3) is 0 Å². The molecule has 0 unspecified atom stereocenters. The van der Waals surface area contributed by atoms with E-state index in [1.54, 1.807) is 0 Å². The first-order valence-corrected chi connectivity index (χ1v) is 9.01. The quantitative estimate of drug-likeness (QED) is 0.877. The van der Waals surface area contributed by atoms with Gasteiger partial charge in [0.15, 0.2) is 0 Å². The highest BCUT2D eigenvalue weighted by atomic mass is 16.5. The predicted octanol–water partition coefficient (Wildman–Crippen LogP) is 2.87. The SMILES string of the molecule is Cc1cc(C)cc(OC[C@@H](O)CN2CCN(c3ccccc3)CC2)c1. The summed E-state index contributed by atoms with van der Waals surface area (Å²) >= 11 is 0. The molecule has 0 bridgehead atoms. The van der Waals surface area contributed by atoms with Gasteiger partial charge >= 0.3 is 0 Å². The lowest BCUT2D eigenvalue weighted by Crippen LogP contribution is -2.49. The molecule has 1 saturated heterocycles. The van der Waals surface area contributed by atoms with E-state index in [9.17, 15) is 5.11 Å². The molecule has 1 heterocycles. The minimum atomic E-state index is -0.468. The maximum atomic E-state index is 10.3. The van der Waals surface area contributed by atoms with Crippen LogP contribution in [0.4, 0.5) is 5.69 Å². The Morgan fingerprint density at radius 1 is 0.960 bits per heavy atom. The van der Waals surface area contributed by atoms with Crippen molar-refractivity contribution >= 4 is 5.69 Å². The Bertz CT molecular complexity index is 647. The number of rotatable bonds is 6. The van der Waals surface area contributed by atoms with E-state index in [-0.39, 0.29) is 0 Å². The maximum absolute atomic E-state index is 10.3. The molecule has 0 aliphatic carbocycles. The third kappa shape index (κ3) is 5.21. The molecular weight excluding hydrogens is 312 g/mol. The summed E-state index contributed by atoms with van der Waals surface area (Å²) in [6, 6.07) is 16.7. The van der Waals surface area contributed by atoms with Crippen LogP contribution in [0.5, 0.6) is 5.75 Å². The number of anilines is 1. The van der Waals surface area contributed by atoms with Crippen LogP contribution in [0.2, 0.25) is 0 Å². The monoisotopic (exact) mass is 340 g/mol. The highest BCUT2D eigenvalue weighted by Gasteiger charge is 2.19. The fourth-order valence-electron chi connectivity index (χ4n) is 3.39. The molecule has 0 saturated carbocycles. The van der Waals surface area contributed by atoms with Crippen molar-refractivity contribution in [3.63, 3.8) is 0 Å². The second-order valence-corrected chi connectivity index (χ2v) is 6.91. The molecule has 2 aromatic carbocycles. The van der Waals surface area contributed by atoms with E-state index in [0.717, 1.165) is 31.9 Å². The molecule has 0 spiro atoms. The van der Waals surface area contributed by atoms with Crippen LogP contribution in [0.25, 0.3) is 0 Å². The van der Waals surface area contributed by atoms with Crippen LogP contribution in [0, 0.1) is 13.8 Å². The van der Waals surface area contributed by atoms with Gasteiger partial charge in [-0.3, -0.25) is 4.90 Å². The standard InChI is InChI=1S/C21H28N2O2/c1-17-12-18(2)14-21(13-17)25-16-20(24)15-22-8-10-23(11-9-22)19-6-4-3-5-7-19/h3-7,12-14,20,24H,8-11,15-16H2,1-2H3/t20-/m0/s1. The van der Waals surface area contributed by atoms with Crippen LogP contribution in [0.1, 0.15) is 11.1 Å². The third-order valence-corrected chi connectivity index (χ3v) is 4.60. The first kappa shape index (κ1) is 17.8. The topological polar surface area (TPSA) is 35.9 Å². The number of para-hydroxylation sites is 1. The van der Waals surface area contributed by atoms with Crippen LogP contribution in [0.15, 0.2) is 48.5 Å². The highest BCUT2D eigenvalue weighted by molar-refractivity contribution is 5.46. The molecule has 3 rings (SSSR count). The Balaban J connectivity index is 1.42. The summed E-state index contributed by atoms with van der Waals surface area (Å²) in [6.07, 6.45) is -0.468. The number of aliphatic hydroxyl groups excluding tert-OH is 1. The molecule has 25 heavy (non-hydrogen) atoms.